The van der Waals surface area contributed by atoms with Crippen molar-refractivity contribution in [1.29, 1.82) is 0 Å². The monoisotopic (exact) mass is 420 g/mol. The summed E-state index contributed by atoms with van der Waals surface area (Å²) in [7, 11) is 6.68. The average Bonchev–Trinajstić information content (AvgIpc) is 2.76. The third-order valence-corrected chi connectivity index (χ3v) is 5.41. The van der Waals surface area contributed by atoms with Crippen molar-refractivity contribution in [3.63, 3.8) is 0 Å². The van der Waals surface area contributed by atoms with Gasteiger partial charge in [0, 0.05) is 24.0 Å². The maximum atomic E-state index is 12.2. The lowest BCUT2D eigenvalue weighted by atomic mass is 9.92. The fourth-order valence-corrected chi connectivity index (χ4v) is 4.11. The summed E-state index contributed by atoms with van der Waals surface area (Å²) in [5.74, 6) is 0.675. The molecule has 0 unspecified atom stereocenters. The van der Waals surface area contributed by atoms with Crippen LogP contribution in [0.5, 0.6) is 17.2 Å². The Labute approximate surface area is 180 Å². The minimum Gasteiger partial charge on any atom is -0.493 e. The van der Waals surface area contributed by atoms with Crippen LogP contribution >= 0.6 is 0 Å². The lowest BCUT2D eigenvalue weighted by Crippen LogP contribution is -2.28. The average molecular weight is 420 g/mol. The van der Waals surface area contributed by atoms with Gasteiger partial charge in [-0.25, -0.2) is 9.78 Å². The zero-order chi connectivity index (χ0) is 22.1. The van der Waals surface area contributed by atoms with Crippen molar-refractivity contribution in [1.82, 2.24) is 9.88 Å². The number of carboxylic acids is 1. The van der Waals surface area contributed by atoms with Crippen molar-refractivity contribution in [2.45, 2.75) is 6.54 Å². The predicted octanol–water partition coefficient (Wildman–Crippen LogP) is 3.94. The lowest BCUT2D eigenvalue weighted by Gasteiger charge is -2.28. The Morgan fingerprint density at radius 1 is 1.06 bits per heavy atom. The van der Waals surface area contributed by atoms with Gasteiger partial charge in [0.2, 0.25) is 5.75 Å². The molecule has 1 aliphatic rings. The second-order valence-electron chi connectivity index (χ2n) is 7.44. The van der Waals surface area contributed by atoms with E-state index in [1.165, 1.54) is 0 Å². The van der Waals surface area contributed by atoms with E-state index >= 15 is 0 Å². The second-order valence-corrected chi connectivity index (χ2v) is 7.44. The predicted molar refractivity (Wildman–Crippen MR) is 119 cm³/mol. The number of carboxylic acid groups (broad SMARTS) is 1. The third-order valence-electron chi connectivity index (χ3n) is 5.41. The minimum absolute atomic E-state index is 0.308. The molecule has 0 fully saturated rings. The summed E-state index contributed by atoms with van der Waals surface area (Å²) in [5.41, 5.74) is 4.17. The van der Waals surface area contributed by atoms with Gasteiger partial charge in [-0.3, -0.25) is 4.90 Å². The van der Waals surface area contributed by atoms with Crippen molar-refractivity contribution in [3.8, 4) is 17.2 Å². The Bertz CT molecular complexity index is 1180. The van der Waals surface area contributed by atoms with E-state index in [-0.39, 0.29) is 0 Å². The van der Waals surface area contributed by atoms with E-state index in [2.05, 4.69) is 4.90 Å². The number of ether oxygens (including phenoxy) is 3. The zero-order valence-corrected chi connectivity index (χ0v) is 17.9. The van der Waals surface area contributed by atoms with Crippen LogP contribution in [0.15, 0.2) is 36.4 Å². The Hall–Kier alpha value is -3.58. The van der Waals surface area contributed by atoms with Crippen molar-refractivity contribution in [3.05, 3.63) is 58.8 Å². The largest absolute Gasteiger partial charge is 0.493 e. The molecular formula is C24H24N2O5. The highest BCUT2D eigenvalue weighted by atomic mass is 16.5. The summed E-state index contributed by atoms with van der Waals surface area (Å²) in [4.78, 5) is 19.1. The summed E-state index contributed by atoms with van der Waals surface area (Å²) in [6.07, 6.45) is 1.99. The molecule has 7 nitrogen and oxygen atoms in total. The van der Waals surface area contributed by atoms with Crippen molar-refractivity contribution >= 4 is 28.5 Å². The molecule has 3 aromatic rings. The molecular weight excluding hydrogens is 396 g/mol. The first kappa shape index (κ1) is 20.7. The third kappa shape index (κ3) is 3.68. The number of rotatable bonds is 5. The molecule has 0 amide bonds. The highest BCUT2D eigenvalue weighted by molar-refractivity contribution is 6.06. The molecule has 2 heterocycles. The van der Waals surface area contributed by atoms with Crippen LogP contribution in [0.1, 0.15) is 27.2 Å². The van der Waals surface area contributed by atoms with Gasteiger partial charge in [-0.05, 0) is 42.5 Å². The van der Waals surface area contributed by atoms with Crippen LogP contribution in [-0.2, 0) is 6.54 Å². The van der Waals surface area contributed by atoms with Crippen LogP contribution in [-0.4, -0.2) is 55.9 Å². The molecule has 0 aliphatic carbocycles. The zero-order valence-electron chi connectivity index (χ0n) is 17.9. The Morgan fingerprint density at radius 3 is 2.35 bits per heavy atom. The van der Waals surface area contributed by atoms with Gasteiger partial charge in [-0.15, -0.1) is 0 Å². The fourth-order valence-electron chi connectivity index (χ4n) is 4.11. The van der Waals surface area contributed by atoms with Gasteiger partial charge in [0.1, 0.15) is 0 Å². The smallest absolute Gasteiger partial charge is 0.336 e. The maximum Gasteiger partial charge on any atom is 0.336 e. The summed E-state index contributed by atoms with van der Waals surface area (Å²) in [5, 5.41) is 10.6. The highest BCUT2D eigenvalue weighted by Gasteiger charge is 2.27. The van der Waals surface area contributed by atoms with E-state index in [0.29, 0.717) is 52.5 Å². The first-order valence-electron chi connectivity index (χ1n) is 9.81. The Kier molecular flexibility index (Phi) is 5.52. The maximum absolute atomic E-state index is 12.2. The number of para-hydroxylation sites is 1. The molecule has 0 saturated heterocycles. The molecule has 2 aromatic carbocycles. The standard InChI is InChI=1S/C24H24N2O5/c1-26-12-15(9-14-10-19(29-2)23(31-4)20(11-14)30-3)22-17(13-26)21(24(27)28)16-7-5-6-8-18(16)25-22/h5-11H,12-13H2,1-4H3,(H,27,28). The number of benzene rings is 2. The van der Waals surface area contributed by atoms with Gasteiger partial charge in [0.05, 0.1) is 38.1 Å². The molecule has 0 bridgehead atoms. The van der Waals surface area contributed by atoms with Gasteiger partial charge in [0.15, 0.2) is 11.5 Å². The van der Waals surface area contributed by atoms with Crippen LogP contribution < -0.4 is 14.2 Å². The number of fused-ring (bicyclic) bond motifs is 2. The Balaban J connectivity index is 1.95. The topological polar surface area (TPSA) is 81.1 Å². The Morgan fingerprint density at radius 2 is 1.74 bits per heavy atom. The lowest BCUT2D eigenvalue weighted by molar-refractivity contribution is 0.0696. The van der Waals surface area contributed by atoms with E-state index in [4.69, 9.17) is 19.2 Å². The summed E-state index contributed by atoms with van der Waals surface area (Å²) < 4.78 is 16.3. The number of carbonyl (C=O) groups is 1. The number of pyridine rings is 1. The summed E-state index contributed by atoms with van der Waals surface area (Å²) in [6.45, 7) is 1.15. The SMILES string of the molecule is COc1cc(C=C2CN(C)Cc3c2nc2ccccc2c3C(=O)O)cc(OC)c1OC. The minimum atomic E-state index is -0.947. The van der Waals surface area contributed by atoms with Crippen LogP contribution in [0, 0.1) is 0 Å². The van der Waals surface area contributed by atoms with Crippen molar-refractivity contribution in [2.75, 3.05) is 34.9 Å². The molecule has 0 atom stereocenters. The van der Waals surface area contributed by atoms with Gasteiger partial charge in [0.25, 0.3) is 0 Å². The fraction of sp³-hybridized carbons (Fsp3) is 0.250. The highest BCUT2D eigenvalue weighted by Crippen LogP contribution is 2.40. The van der Waals surface area contributed by atoms with Crippen LogP contribution in [0.25, 0.3) is 22.6 Å². The molecule has 31 heavy (non-hydrogen) atoms. The molecule has 1 aliphatic heterocycles. The number of methoxy groups -OCH3 is 3. The van der Waals surface area contributed by atoms with E-state index in [0.717, 1.165) is 16.7 Å². The van der Waals surface area contributed by atoms with E-state index < -0.39 is 5.97 Å². The van der Waals surface area contributed by atoms with Crippen LogP contribution in [0.2, 0.25) is 0 Å². The van der Waals surface area contributed by atoms with Gasteiger partial charge >= 0.3 is 5.97 Å². The molecule has 1 N–H and O–H groups in total. The first-order chi connectivity index (χ1) is 15.0. The van der Waals surface area contributed by atoms with Crippen molar-refractivity contribution < 1.29 is 24.1 Å². The number of nitrogens with zero attached hydrogens (tertiary/aromatic N) is 2. The van der Waals surface area contributed by atoms with Gasteiger partial charge < -0.3 is 19.3 Å². The molecule has 0 saturated carbocycles. The summed E-state index contributed by atoms with van der Waals surface area (Å²) >= 11 is 0. The molecule has 0 radical (unpaired) electrons. The van der Waals surface area contributed by atoms with Crippen LogP contribution in [0.3, 0.4) is 0 Å². The van der Waals surface area contributed by atoms with Gasteiger partial charge in [-0.1, -0.05) is 18.2 Å². The normalized spacial score (nSPS) is 15.0. The van der Waals surface area contributed by atoms with E-state index in [1.54, 1.807) is 21.3 Å². The number of aromatic carboxylic acids is 1. The van der Waals surface area contributed by atoms with Crippen LogP contribution in [0.4, 0.5) is 0 Å². The molecule has 1 aromatic heterocycles. The number of hydrogen-bond acceptors (Lipinski definition) is 6. The molecule has 4 rings (SSSR count). The second kappa shape index (κ2) is 8.28. The molecule has 160 valence electrons. The molecule has 7 heteroatoms. The first-order valence-corrected chi connectivity index (χ1v) is 9.81. The van der Waals surface area contributed by atoms with Gasteiger partial charge in [-0.2, -0.15) is 0 Å². The van der Waals surface area contributed by atoms with Crippen molar-refractivity contribution in [2.24, 2.45) is 0 Å². The number of hydrogen-bond donors (Lipinski definition) is 1. The number of aromatic nitrogens is 1. The van der Waals surface area contributed by atoms with E-state index in [1.807, 2.05) is 49.5 Å². The summed E-state index contributed by atoms with van der Waals surface area (Å²) in [6, 6.07) is 11.1. The van der Waals surface area contributed by atoms with E-state index in [9.17, 15) is 9.90 Å². The molecule has 0 spiro atoms. The number of likely N-dealkylation sites (N-methyl/N-ethyl adjacent to an activating group) is 1. The quantitative estimate of drug-likeness (QED) is 0.669.